The lowest BCUT2D eigenvalue weighted by atomic mass is 10.0. The van der Waals surface area contributed by atoms with Crippen molar-refractivity contribution < 1.29 is 14.3 Å². The van der Waals surface area contributed by atoms with E-state index in [1.807, 2.05) is 0 Å². The van der Waals surface area contributed by atoms with E-state index in [0.717, 1.165) is 6.07 Å². The first-order valence-electron chi connectivity index (χ1n) is 4.24. The Bertz CT molecular complexity index is 352. The molecule has 1 atom stereocenters. The zero-order valence-electron chi connectivity index (χ0n) is 7.83. The predicted octanol–water partition coefficient (Wildman–Crippen LogP) is 0.990. The number of hydrogen-bond acceptors (Lipinski definition) is 3. The first kappa shape index (κ1) is 10.7. The van der Waals surface area contributed by atoms with Crippen molar-refractivity contribution in [2.24, 2.45) is 5.73 Å². The Labute approximate surface area is 81.4 Å². The van der Waals surface area contributed by atoms with Gasteiger partial charge in [-0.15, -0.1) is 0 Å². The number of aromatic hydroxyl groups is 1. The SMILES string of the molecule is CC(=O)[C@@H](N)Cc1ccc(O)cc1F. The van der Waals surface area contributed by atoms with Gasteiger partial charge < -0.3 is 10.8 Å². The molecule has 1 aromatic carbocycles. The number of phenols is 1. The second kappa shape index (κ2) is 4.19. The summed E-state index contributed by atoms with van der Waals surface area (Å²) >= 11 is 0. The molecule has 0 radical (unpaired) electrons. The van der Waals surface area contributed by atoms with Gasteiger partial charge in [-0.05, 0) is 25.0 Å². The van der Waals surface area contributed by atoms with Crippen LogP contribution in [0.15, 0.2) is 18.2 Å². The fourth-order valence-corrected chi connectivity index (χ4v) is 1.08. The molecule has 0 heterocycles. The normalized spacial score (nSPS) is 12.5. The van der Waals surface area contributed by atoms with Gasteiger partial charge in [-0.3, -0.25) is 4.79 Å². The van der Waals surface area contributed by atoms with Crippen molar-refractivity contribution in [1.29, 1.82) is 0 Å². The Kier molecular flexibility index (Phi) is 3.19. The molecule has 14 heavy (non-hydrogen) atoms. The highest BCUT2D eigenvalue weighted by Gasteiger charge is 2.12. The Balaban J connectivity index is 2.82. The third-order valence-corrected chi connectivity index (χ3v) is 2.00. The van der Waals surface area contributed by atoms with E-state index in [4.69, 9.17) is 10.8 Å². The molecular weight excluding hydrogens is 185 g/mol. The van der Waals surface area contributed by atoms with Gasteiger partial charge in [0.1, 0.15) is 17.3 Å². The summed E-state index contributed by atoms with van der Waals surface area (Å²) in [5.74, 6) is -0.859. The average Bonchev–Trinajstić information content (AvgIpc) is 2.09. The first-order valence-corrected chi connectivity index (χ1v) is 4.24. The Morgan fingerprint density at radius 1 is 1.64 bits per heavy atom. The van der Waals surface area contributed by atoms with E-state index in [1.165, 1.54) is 19.1 Å². The summed E-state index contributed by atoms with van der Waals surface area (Å²) in [7, 11) is 0. The maximum Gasteiger partial charge on any atom is 0.146 e. The molecular formula is C10H12FNO2. The number of phenolic OH excluding ortho intramolecular Hbond substituents is 1. The second-order valence-corrected chi connectivity index (χ2v) is 3.20. The van der Waals surface area contributed by atoms with Gasteiger partial charge in [0.15, 0.2) is 0 Å². The summed E-state index contributed by atoms with van der Waals surface area (Å²) in [5.41, 5.74) is 5.82. The molecule has 76 valence electrons. The minimum Gasteiger partial charge on any atom is -0.508 e. The molecule has 0 saturated carbocycles. The molecule has 0 aromatic heterocycles. The van der Waals surface area contributed by atoms with Crippen LogP contribution in [0.5, 0.6) is 5.75 Å². The highest BCUT2D eigenvalue weighted by molar-refractivity contribution is 5.81. The minimum atomic E-state index is -0.686. The van der Waals surface area contributed by atoms with Crippen molar-refractivity contribution in [3.63, 3.8) is 0 Å². The number of nitrogens with two attached hydrogens (primary N) is 1. The van der Waals surface area contributed by atoms with Gasteiger partial charge in [-0.25, -0.2) is 4.39 Å². The maximum atomic E-state index is 13.1. The molecule has 0 saturated heterocycles. The quantitative estimate of drug-likeness (QED) is 0.759. The molecule has 0 amide bonds. The van der Waals surface area contributed by atoms with Gasteiger partial charge in [0.25, 0.3) is 0 Å². The van der Waals surface area contributed by atoms with Crippen LogP contribution in [0.25, 0.3) is 0 Å². The summed E-state index contributed by atoms with van der Waals surface area (Å²) < 4.78 is 13.1. The van der Waals surface area contributed by atoms with Crippen molar-refractivity contribution in [3.8, 4) is 5.75 Å². The van der Waals surface area contributed by atoms with Crippen molar-refractivity contribution in [2.45, 2.75) is 19.4 Å². The van der Waals surface area contributed by atoms with Crippen LogP contribution in [0.3, 0.4) is 0 Å². The van der Waals surface area contributed by atoms with Crippen LogP contribution in [0, 0.1) is 5.82 Å². The van der Waals surface area contributed by atoms with Crippen molar-refractivity contribution in [2.75, 3.05) is 0 Å². The number of benzene rings is 1. The van der Waals surface area contributed by atoms with Crippen molar-refractivity contribution in [1.82, 2.24) is 0 Å². The van der Waals surface area contributed by atoms with Crippen molar-refractivity contribution >= 4 is 5.78 Å². The molecule has 0 spiro atoms. The number of ketones is 1. The molecule has 3 nitrogen and oxygen atoms in total. The molecule has 0 bridgehead atoms. The highest BCUT2D eigenvalue weighted by Crippen LogP contribution is 2.16. The van der Waals surface area contributed by atoms with Crippen LogP contribution < -0.4 is 5.73 Å². The standard InChI is InChI=1S/C10H12FNO2/c1-6(13)10(12)4-7-2-3-8(14)5-9(7)11/h2-3,5,10,14H,4,12H2,1H3/t10-/m0/s1. The molecule has 4 heteroatoms. The van der Waals surface area contributed by atoms with E-state index in [0.29, 0.717) is 5.56 Å². The number of carbonyl (C=O) groups excluding carboxylic acids is 1. The van der Waals surface area contributed by atoms with Gasteiger partial charge >= 0.3 is 0 Å². The largest absolute Gasteiger partial charge is 0.508 e. The minimum absolute atomic E-state index is 0.136. The lowest BCUT2D eigenvalue weighted by Gasteiger charge is -2.08. The number of halogens is 1. The summed E-state index contributed by atoms with van der Waals surface area (Å²) in [5, 5.41) is 8.94. The van der Waals surface area contributed by atoms with Crippen LogP contribution in [0.1, 0.15) is 12.5 Å². The number of carbonyl (C=O) groups is 1. The van der Waals surface area contributed by atoms with E-state index in [9.17, 15) is 9.18 Å². The summed E-state index contributed by atoms with van der Waals surface area (Å²) in [4.78, 5) is 10.8. The molecule has 3 N–H and O–H groups in total. The lowest BCUT2D eigenvalue weighted by Crippen LogP contribution is -2.30. The average molecular weight is 197 g/mol. The van der Waals surface area contributed by atoms with Crippen LogP contribution in [0.2, 0.25) is 0 Å². The molecule has 0 fully saturated rings. The molecule has 0 aliphatic heterocycles. The van der Waals surface area contributed by atoms with Crippen LogP contribution in [-0.2, 0) is 11.2 Å². The fraction of sp³-hybridized carbons (Fsp3) is 0.300. The number of rotatable bonds is 3. The third-order valence-electron chi connectivity index (χ3n) is 2.00. The van der Waals surface area contributed by atoms with Crippen LogP contribution in [0.4, 0.5) is 4.39 Å². The fourth-order valence-electron chi connectivity index (χ4n) is 1.08. The number of Topliss-reactive ketones (excluding diaryl/α,β-unsaturated/α-hetero) is 1. The van der Waals surface area contributed by atoms with Crippen LogP contribution >= 0.6 is 0 Å². The summed E-state index contributed by atoms with van der Waals surface area (Å²) in [6.45, 7) is 1.36. The van der Waals surface area contributed by atoms with E-state index < -0.39 is 11.9 Å². The topological polar surface area (TPSA) is 63.3 Å². The Hall–Kier alpha value is -1.42. The zero-order valence-corrected chi connectivity index (χ0v) is 7.83. The van der Waals surface area contributed by atoms with Crippen molar-refractivity contribution in [3.05, 3.63) is 29.6 Å². The molecule has 0 aliphatic rings. The smallest absolute Gasteiger partial charge is 0.146 e. The van der Waals surface area contributed by atoms with E-state index in [2.05, 4.69) is 0 Å². The molecule has 1 rings (SSSR count). The monoisotopic (exact) mass is 197 g/mol. The van der Waals surface area contributed by atoms with Gasteiger partial charge in [-0.1, -0.05) is 6.07 Å². The van der Waals surface area contributed by atoms with E-state index >= 15 is 0 Å². The second-order valence-electron chi connectivity index (χ2n) is 3.20. The van der Waals surface area contributed by atoms with Gasteiger partial charge in [-0.2, -0.15) is 0 Å². The molecule has 1 aromatic rings. The summed E-state index contributed by atoms with van der Waals surface area (Å²) in [6, 6.07) is 3.11. The van der Waals surface area contributed by atoms with Crippen LogP contribution in [-0.4, -0.2) is 16.9 Å². The summed E-state index contributed by atoms with van der Waals surface area (Å²) in [6.07, 6.45) is 0.154. The predicted molar refractivity (Wildman–Crippen MR) is 50.4 cm³/mol. The highest BCUT2D eigenvalue weighted by atomic mass is 19.1. The van der Waals surface area contributed by atoms with Gasteiger partial charge in [0.2, 0.25) is 0 Å². The van der Waals surface area contributed by atoms with E-state index in [1.54, 1.807) is 0 Å². The van der Waals surface area contributed by atoms with E-state index in [-0.39, 0.29) is 18.0 Å². The molecule has 0 unspecified atom stereocenters. The molecule has 0 aliphatic carbocycles. The maximum absolute atomic E-state index is 13.1. The number of hydrogen-bond donors (Lipinski definition) is 2. The van der Waals surface area contributed by atoms with Gasteiger partial charge in [0, 0.05) is 6.07 Å². The first-order chi connectivity index (χ1) is 6.50. The zero-order chi connectivity index (χ0) is 10.7. The van der Waals surface area contributed by atoms with Gasteiger partial charge in [0.05, 0.1) is 6.04 Å². The third kappa shape index (κ3) is 2.53. The Morgan fingerprint density at radius 3 is 2.79 bits per heavy atom. The lowest BCUT2D eigenvalue weighted by molar-refractivity contribution is -0.118. The Morgan fingerprint density at radius 2 is 2.29 bits per heavy atom.